The normalized spacial score (nSPS) is 15.2. The Labute approximate surface area is 285 Å². The minimum Gasteiger partial charge on any atom is -0.370 e. The summed E-state index contributed by atoms with van der Waals surface area (Å²) in [5.41, 5.74) is 2.41. The molecule has 20 heteroatoms. The van der Waals surface area contributed by atoms with Crippen molar-refractivity contribution in [3.8, 4) is 0 Å². The minimum absolute atomic E-state index is 0.185. The van der Waals surface area contributed by atoms with Gasteiger partial charge in [-0.1, -0.05) is 20.8 Å². The van der Waals surface area contributed by atoms with Crippen molar-refractivity contribution in [1.82, 2.24) is 24.9 Å². The number of aryl methyl sites for hydroxylation is 1. The Bertz CT molecular complexity index is 2140. The molecule has 2 aromatic carbocycles. The summed E-state index contributed by atoms with van der Waals surface area (Å²) >= 11 is 0. The van der Waals surface area contributed by atoms with Crippen LogP contribution in [0.5, 0.6) is 0 Å². The summed E-state index contributed by atoms with van der Waals surface area (Å²) in [7, 11) is -13.2. The average Bonchev–Trinajstić information content (AvgIpc) is 3.55. The first-order valence-electron chi connectivity index (χ1n) is 14.8. The van der Waals surface area contributed by atoms with Gasteiger partial charge in [0, 0.05) is 36.3 Å². The van der Waals surface area contributed by atoms with Crippen molar-refractivity contribution in [1.29, 1.82) is 0 Å². The Kier molecular flexibility index (Phi) is 10.5. The summed E-state index contributed by atoms with van der Waals surface area (Å²) in [6.45, 7) is 12.6. The lowest BCUT2D eigenvalue weighted by atomic mass is 9.87. The number of benzene rings is 2. The van der Waals surface area contributed by atoms with Gasteiger partial charge in [0.05, 0.1) is 33.5 Å². The molecule has 0 saturated carbocycles. The zero-order chi connectivity index (χ0) is 36.7. The summed E-state index contributed by atoms with van der Waals surface area (Å²) in [4.78, 5) is 18.3. The van der Waals surface area contributed by atoms with Crippen LogP contribution in [0.25, 0.3) is 0 Å². The van der Waals surface area contributed by atoms with Gasteiger partial charge in [0.15, 0.2) is 5.82 Å². The van der Waals surface area contributed by atoms with Crippen LogP contribution < -0.4 is 14.9 Å². The van der Waals surface area contributed by atoms with Crippen molar-refractivity contribution in [2.24, 2.45) is 15.5 Å². The number of nitrogens with one attached hydrogen (secondary N) is 2. The lowest BCUT2D eigenvalue weighted by Gasteiger charge is -2.24. The molecule has 0 radical (unpaired) electrons. The van der Waals surface area contributed by atoms with Gasteiger partial charge < -0.3 is 10.2 Å². The molecule has 3 aromatic rings. The van der Waals surface area contributed by atoms with Gasteiger partial charge in [-0.15, -0.1) is 10.2 Å². The number of nitrogens with zero attached hydrogens (tertiary/aromatic N) is 6. The largest absolute Gasteiger partial charge is 0.370 e. The quantitative estimate of drug-likeness (QED) is 0.196. The van der Waals surface area contributed by atoms with Crippen molar-refractivity contribution in [3.63, 3.8) is 0 Å². The lowest BCUT2D eigenvalue weighted by molar-refractivity contribution is 0.0937. The van der Waals surface area contributed by atoms with Crippen molar-refractivity contribution in [2.75, 3.05) is 30.8 Å². The molecule has 266 valence electrons. The molecule has 1 aliphatic rings. The highest BCUT2D eigenvalue weighted by Gasteiger charge is 2.36. The molecular weight excluding hydrogens is 701 g/mol. The van der Waals surface area contributed by atoms with Crippen LogP contribution >= 0.6 is 0 Å². The van der Waals surface area contributed by atoms with Gasteiger partial charge in [-0.05, 0) is 62.7 Å². The SMILES string of the molecule is CCN(CCNS(C)(=O)=O)c1ccc(/N=C2/C(C(C)(C)C)=Nn3c2nnc3C(C)NC(=O)c2cc(S(=O)(=O)O)cc(S(=O)(=O)O)c2)c(C)c1. The Morgan fingerprint density at radius 3 is 2.12 bits per heavy atom. The van der Waals surface area contributed by atoms with E-state index < -0.39 is 63.0 Å². The average molecular weight is 739 g/mol. The molecule has 1 aliphatic heterocycles. The molecule has 4 N–H and O–H groups in total. The smallest absolute Gasteiger partial charge is 0.294 e. The first-order chi connectivity index (χ1) is 22.5. The molecule has 49 heavy (non-hydrogen) atoms. The number of anilines is 1. The number of hydrogen-bond acceptors (Lipinski definition) is 12. The van der Waals surface area contributed by atoms with Gasteiger partial charge in [-0.2, -0.15) is 26.6 Å². The number of fused-ring (bicyclic) bond motifs is 1. The second kappa shape index (κ2) is 13.7. The van der Waals surface area contributed by atoms with Crippen LogP contribution in [0.1, 0.15) is 68.2 Å². The van der Waals surface area contributed by atoms with Crippen molar-refractivity contribution in [2.45, 2.75) is 57.4 Å². The van der Waals surface area contributed by atoms with E-state index in [1.807, 2.05) is 57.7 Å². The Hall–Kier alpha value is -4.08. The van der Waals surface area contributed by atoms with Crippen LogP contribution in [0.2, 0.25) is 0 Å². The molecule has 0 bridgehead atoms. The van der Waals surface area contributed by atoms with Gasteiger partial charge in [-0.3, -0.25) is 13.9 Å². The molecule has 0 fully saturated rings. The molecular formula is C29H38N8O9S3. The first kappa shape index (κ1) is 37.7. The Morgan fingerprint density at radius 1 is 1.00 bits per heavy atom. The summed E-state index contributed by atoms with van der Waals surface area (Å²) in [6.07, 6.45) is 1.11. The van der Waals surface area contributed by atoms with E-state index in [2.05, 4.69) is 20.2 Å². The molecule has 0 saturated heterocycles. The molecule has 2 heterocycles. The van der Waals surface area contributed by atoms with Crippen LogP contribution in [0.4, 0.5) is 11.4 Å². The van der Waals surface area contributed by atoms with E-state index in [1.54, 1.807) is 6.92 Å². The summed E-state index contributed by atoms with van der Waals surface area (Å²) in [6, 6.07) is 6.83. The fourth-order valence-corrected chi connectivity index (χ4v) is 6.57. The molecule has 1 unspecified atom stereocenters. The minimum atomic E-state index is -4.93. The maximum atomic E-state index is 13.2. The number of carbonyl (C=O) groups excluding carboxylic acids is 1. The summed E-state index contributed by atoms with van der Waals surface area (Å²) in [5, 5.41) is 15.8. The predicted octanol–water partition coefficient (Wildman–Crippen LogP) is 2.33. The highest BCUT2D eigenvalue weighted by Crippen LogP contribution is 2.31. The third-order valence-corrected chi connectivity index (χ3v) is 9.78. The maximum Gasteiger partial charge on any atom is 0.294 e. The number of hydrogen-bond donors (Lipinski definition) is 4. The molecule has 17 nitrogen and oxygen atoms in total. The fraction of sp³-hybridized carbons (Fsp3) is 0.414. The first-order valence-corrected chi connectivity index (χ1v) is 19.6. The number of amides is 1. The summed E-state index contributed by atoms with van der Waals surface area (Å²) in [5.74, 6) is -0.450. The zero-order valence-corrected chi connectivity index (χ0v) is 30.3. The monoisotopic (exact) mass is 738 g/mol. The standard InChI is InChI=1S/C29H38N8O9S3/c1-8-36(12-11-30-47(7,39)40)20-9-10-23(17(2)13-20)32-24-25(29(4,5)6)35-37-26(33-34-27(24)37)18(3)31-28(38)19-14-21(48(41,42)43)16-22(15-19)49(44,45)46/h9-10,13-16,18,30H,8,11-12H2,1-7H3,(H,31,38)(H,41,42,43)(H,44,45,46)/b32-24-. The highest BCUT2D eigenvalue weighted by molar-refractivity contribution is 7.88. The van der Waals surface area contributed by atoms with E-state index in [9.17, 15) is 39.2 Å². The second-order valence-corrected chi connectivity index (χ2v) is 17.1. The number of carbonyl (C=O) groups is 1. The topological polar surface area (TPSA) is 243 Å². The van der Waals surface area contributed by atoms with Crippen LogP contribution in [0.15, 0.2) is 56.3 Å². The highest BCUT2D eigenvalue weighted by atomic mass is 32.2. The zero-order valence-electron chi connectivity index (χ0n) is 27.8. The van der Waals surface area contributed by atoms with Crippen LogP contribution in [0, 0.1) is 12.3 Å². The van der Waals surface area contributed by atoms with E-state index in [-0.39, 0.29) is 12.4 Å². The molecule has 0 spiro atoms. The number of aliphatic imine (C=N–C) groups is 1. The molecule has 1 amide bonds. The van der Waals surface area contributed by atoms with Crippen LogP contribution in [0.3, 0.4) is 0 Å². The second-order valence-electron chi connectivity index (χ2n) is 12.4. The van der Waals surface area contributed by atoms with E-state index >= 15 is 0 Å². The molecule has 4 rings (SSSR count). The predicted molar refractivity (Wildman–Crippen MR) is 182 cm³/mol. The Morgan fingerprint density at radius 2 is 1.61 bits per heavy atom. The van der Waals surface area contributed by atoms with Gasteiger partial charge in [-0.25, -0.2) is 18.1 Å². The number of rotatable bonds is 12. The lowest BCUT2D eigenvalue weighted by Crippen LogP contribution is -2.34. The number of likely N-dealkylation sites (N-methyl/N-ethyl adjacent to an activating group) is 1. The van der Waals surface area contributed by atoms with Crippen molar-refractivity contribution < 1.29 is 39.2 Å². The van der Waals surface area contributed by atoms with E-state index in [0.29, 0.717) is 42.1 Å². The van der Waals surface area contributed by atoms with Crippen molar-refractivity contribution >= 4 is 59.0 Å². The van der Waals surface area contributed by atoms with E-state index in [1.165, 1.54) is 4.68 Å². The number of aromatic nitrogens is 3. The van der Waals surface area contributed by atoms with Crippen molar-refractivity contribution in [3.05, 3.63) is 59.2 Å². The van der Waals surface area contributed by atoms with Gasteiger partial charge in [0.2, 0.25) is 15.8 Å². The third kappa shape index (κ3) is 8.94. The molecule has 1 atom stereocenters. The fourth-order valence-electron chi connectivity index (χ4n) is 4.93. The molecule has 1 aromatic heterocycles. The van der Waals surface area contributed by atoms with E-state index in [4.69, 9.17) is 10.1 Å². The van der Waals surface area contributed by atoms with Crippen LogP contribution in [-0.4, -0.2) is 92.5 Å². The Balaban J connectivity index is 1.66. The third-order valence-electron chi connectivity index (χ3n) is 7.39. The van der Waals surface area contributed by atoms with Crippen LogP contribution in [-0.2, 0) is 30.3 Å². The van der Waals surface area contributed by atoms with Gasteiger partial charge in [0.1, 0.15) is 5.71 Å². The molecule has 0 aliphatic carbocycles. The maximum absolute atomic E-state index is 13.2. The van der Waals surface area contributed by atoms with Gasteiger partial charge >= 0.3 is 0 Å². The van der Waals surface area contributed by atoms with Gasteiger partial charge in [0.25, 0.3) is 26.1 Å². The number of sulfonamides is 1. The summed E-state index contributed by atoms with van der Waals surface area (Å²) < 4.78 is 92.7. The van der Waals surface area contributed by atoms with E-state index in [0.717, 1.165) is 29.6 Å².